The van der Waals surface area contributed by atoms with Gasteiger partial charge in [-0.2, -0.15) is 0 Å². The quantitative estimate of drug-likeness (QED) is 0.802. The van der Waals surface area contributed by atoms with E-state index in [-0.39, 0.29) is 5.56 Å². The zero-order valence-electron chi connectivity index (χ0n) is 10.3. The molecule has 1 saturated heterocycles. The molecule has 0 amide bonds. The lowest BCUT2D eigenvalue weighted by Gasteiger charge is -2.22. The van der Waals surface area contributed by atoms with E-state index < -0.39 is 0 Å². The Morgan fingerprint density at radius 2 is 2.24 bits per heavy atom. The van der Waals surface area contributed by atoms with E-state index in [0.29, 0.717) is 15.5 Å². The van der Waals surface area contributed by atoms with Gasteiger partial charge in [0.25, 0.3) is 5.56 Å². The molecular formula is C11H17IN4O. The lowest BCUT2D eigenvalue weighted by Crippen LogP contribution is -2.34. The Morgan fingerprint density at radius 3 is 2.82 bits per heavy atom. The Kier molecular flexibility index (Phi) is 3.72. The van der Waals surface area contributed by atoms with Gasteiger partial charge in [-0.05, 0) is 42.6 Å². The number of anilines is 1. The highest BCUT2D eigenvalue weighted by atomic mass is 127. The van der Waals surface area contributed by atoms with Crippen LogP contribution in [0.1, 0.15) is 6.92 Å². The maximum Gasteiger partial charge on any atom is 0.266 e. The highest BCUT2D eigenvalue weighted by Crippen LogP contribution is 2.26. The van der Waals surface area contributed by atoms with Gasteiger partial charge in [-0.1, -0.05) is 6.92 Å². The normalized spacial score (nSPS) is 24.6. The van der Waals surface area contributed by atoms with Gasteiger partial charge in [0, 0.05) is 19.1 Å². The van der Waals surface area contributed by atoms with Gasteiger partial charge in [0.1, 0.15) is 9.39 Å². The molecule has 17 heavy (non-hydrogen) atoms. The molecule has 2 heterocycles. The summed E-state index contributed by atoms with van der Waals surface area (Å²) in [5.74, 6) is 1.40. The zero-order valence-corrected chi connectivity index (χ0v) is 12.4. The molecule has 0 radical (unpaired) electrons. The van der Waals surface area contributed by atoms with E-state index in [9.17, 15) is 4.79 Å². The first-order valence-electron chi connectivity index (χ1n) is 5.65. The van der Waals surface area contributed by atoms with E-state index >= 15 is 0 Å². The smallest absolute Gasteiger partial charge is 0.266 e. The number of nitrogens with zero attached hydrogens (tertiary/aromatic N) is 3. The maximum atomic E-state index is 11.6. The summed E-state index contributed by atoms with van der Waals surface area (Å²) >= 11 is 2.06. The van der Waals surface area contributed by atoms with Crippen LogP contribution in [-0.4, -0.2) is 48.1 Å². The third-order valence-electron chi connectivity index (χ3n) is 3.31. The number of rotatable bonds is 2. The van der Waals surface area contributed by atoms with Crippen molar-refractivity contribution in [2.45, 2.75) is 13.0 Å². The number of nitrogens with one attached hydrogen (secondary N) is 1. The first-order chi connectivity index (χ1) is 8.00. The third-order valence-corrected chi connectivity index (χ3v) is 4.29. The summed E-state index contributed by atoms with van der Waals surface area (Å²) in [5, 5.41) is 0. The molecule has 0 aliphatic carbocycles. The minimum atomic E-state index is -0.0587. The van der Waals surface area contributed by atoms with Crippen LogP contribution in [0.3, 0.4) is 0 Å². The monoisotopic (exact) mass is 348 g/mol. The van der Waals surface area contributed by atoms with Gasteiger partial charge in [-0.25, -0.2) is 4.98 Å². The van der Waals surface area contributed by atoms with Crippen molar-refractivity contribution >= 4 is 28.4 Å². The van der Waals surface area contributed by atoms with Crippen LogP contribution in [0.25, 0.3) is 0 Å². The second kappa shape index (κ2) is 4.93. The van der Waals surface area contributed by atoms with Gasteiger partial charge in [0.15, 0.2) is 0 Å². The summed E-state index contributed by atoms with van der Waals surface area (Å²) in [4.78, 5) is 22.9. The molecule has 6 heteroatoms. The number of hydrogen-bond donors (Lipinski definition) is 1. The van der Waals surface area contributed by atoms with Crippen LogP contribution >= 0.6 is 22.6 Å². The van der Waals surface area contributed by atoms with Crippen LogP contribution in [0.5, 0.6) is 0 Å². The van der Waals surface area contributed by atoms with E-state index in [1.807, 2.05) is 0 Å². The topological polar surface area (TPSA) is 52.2 Å². The summed E-state index contributed by atoms with van der Waals surface area (Å²) in [6.45, 7) is 4.13. The molecule has 1 aromatic heterocycles. The van der Waals surface area contributed by atoms with E-state index in [2.05, 4.69) is 63.4 Å². The van der Waals surface area contributed by atoms with Crippen LogP contribution in [0, 0.1) is 9.49 Å². The molecule has 2 unspecified atom stereocenters. The van der Waals surface area contributed by atoms with Crippen molar-refractivity contribution in [1.29, 1.82) is 0 Å². The van der Waals surface area contributed by atoms with E-state index in [1.54, 1.807) is 0 Å². The summed E-state index contributed by atoms with van der Waals surface area (Å²) in [6.07, 6.45) is 1.48. The molecule has 94 valence electrons. The molecule has 1 aliphatic heterocycles. The number of H-pyrrole nitrogens is 1. The molecule has 1 aromatic rings. The fourth-order valence-corrected chi connectivity index (χ4v) is 3.02. The lowest BCUT2D eigenvalue weighted by molar-refractivity contribution is 0.266. The highest BCUT2D eigenvalue weighted by molar-refractivity contribution is 14.1. The van der Waals surface area contributed by atoms with Crippen molar-refractivity contribution in [3.63, 3.8) is 0 Å². The van der Waals surface area contributed by atoms with Crippen molar-refractivity contribution in [2.75, 3.05) is 32.1 Å². The molecule has 2 rings (SSSR count). The standard InChI is InChI=1S/C11H17IN4O/c1-7-4-16(5-8(7)15(2)3)10-9(12)11(17)14-6-13-10/h6-8H,4-5H2,1-3H3,(H,13,14,17). The SMILES string of the molecule is CC1CN(c2nc[nH]c(=O)c2I)CC1N(C)C. The molecule has 1 N–H and O–H groups in total. The van der Waals surface area contributed by atoms with Gasteiger partial charge < -0.3 is 14.8 Å². The van der Waals surface area contributed by atoms with Gasteiger partial charge in [-0.15, -0.1) is 0 Å². The number of aromatic nitrogens is 2. The molecule has 0 aromatic carbocycles. The number of aromatic amines is 1. The van der Waals surface area contributed by atoms with Crippen molar-refractivity contribution in [1.82, 2.24) is 14.9 Å². The fourth-order valence-electron chi connectivity index (χ4n) is 2.39. The Hall–Kier alpha value is -0.630. The summed E-state index contributed by atoms with van der Waals surface area (Å²) < 4.78 is 0.678. The highest BCUT2D eigenvalue weighted by Gasteiger charge is 2.32. The minimum absolute atomic E-state index is 0.0587. The van der Waals surface area contributed by atoms with Crippen LogP contribution in [0.15, 0.2) is 11.1 Å². The molecular weight excluding hydrogens is 331 g/mol. The van der Waals surface area contributed by atoms with Gasteiger partial charge in [0.05, 0.1) is 6.33 Å². The fraction of sp³-hybridized carbons (Fsp3) is 0.636. The number of halogens is 1. The van der Waals surface area contributed by atoms with Crippen LogP contribution in [-0.2, 0) is 0 Å². The summed E-state index contributed by atoms with van der Waals surface area (Å²) in [6, 6.07) is 0.520. The second-order valence-corrected chi connectivity index (χ2v) is 5.86. The van der Waals surface area contributed by atoms with E-state index in [0.717, 1.165) is 18.9 Å². The Labute approximate surface area is 114 Å². The average molecular weight is 348 g/mol. The van der Waals surface area contributed by atoms with Gasteiger partial charge >= 0.3 is 0 Å². The Bertz CT molecular complexity index is 459. The van der Waals surface area contributed by atoms with Crippen molar-refractivity contribution in [2.24, 2.45) is 5.92 Å². The molecule has 0 bridgehead atoms. The Balaban J connectivity index is 2.26. The largest absolute Gasteiger partial charge is 0.354 e. The minimum Gasteiger partial charge on any atom is -0.354 e. The molecule has 0 spiro atoms. The number of hydrogen-bond acceptors (Lipinski definition) is 4. The van der Waals surface area contributed by atoms with Crippen molar-refractivity contribution < 1.29 is 0 Å². The first-order valence-corrected chi connectivity index (χ1v) is 6.73. The van der Waals surface area contributed by atoms with Crippen LogP contribution in [0.4, 0.5) is 5.82 Å². The number of likely N-dealkylation sites (N-methyl/N-ethyl adjacent to an activating group) is 1. The van der Waals surface area contributed by atoms with Crippen LogP contribution < -0.4 is 10.5 Å². The molecule has 5 nitrogen and oxygen atoms in total. The maximum absolute atomic E-state index is 11.6. The Morgan fingerprint density at radius 1 is 1.53 bits per heavy atom. The zero-order chi connectivity index (χ0) is 12.6. The predicted molar refractivity (Wildman–Crippen MR) is 76.4 cm³/mol. The molecule has 0 saturated carbocycles. The van der Waals surface area contributed by atoms with E-state index in [1.165, 1.54) is 6.33 Å². The van der Waals surface area contributed by atoms with Crippen LogP contribution in [0.2, 0.25) is 0 Å². The van der Waals surface area contributed by atoms with Gasteiger partial charge in [-0.3, -0.25) is 4.79 Å². The molecule has 2 atom stereocenters. The molecule has 1 fully saturated rings. The van der Waals surface area contributed by atoms with E-state index in [4.69, 9.17) is 0 Å². The first kappa shape index (κ1) is 12.8. The lowest BCUT2D eigenvalue weighted by atomic mass is 10.1. The average Bonchev–Trinajstić information content (AvgIpc) is 2.64. The van der Waals surface area contributed by atoms with Gasteiger partial charge in [0.2, 0.25) is 0 Å². The van der Waals surface area contributed by atoms with Crippen molar-refractivity contribution in [3.05, 3.63) is 20.3 Å². The summed E-state index contributed by atoms with van der Waals surface area (Å²) in [5.41, 5.74) is -0.0587. The third kappa shape index (κ3) is 2.47. The summed E-state index contributed by atoms with van der Waals surface area (Å²) in [7, 11) is 4.20. The predicted octanol–water partition coefficient (Wildman–Crippen LogP) is 0.761. The van der Waals surface area contributed by atoms with Crippen molar-refractivity contribution in [3.8, 4) is 0 Å². The second-order valence-electron chi connectivity index (χ2n) is 4.78. The molecule has 1 aliphatic rings.